The van der Waals surface area contributed by atoms with Crippen molar-refractivity contribution in [1.82, 2.24) is 10.2 Å². The first kappa shape index (κ1) is 21.4. The number of ether oxygens (including phenoxy) is 1. The van der Waals surface area contributed by atoms with Crippen LogP contribution in [0, 0.1) is 0 Å². The van der Waals surface area contributed by atoms with E-state index in [-0.39, 0.29) is 17.9 Å². The minimum absolute atomic E-state index is 0.00458. The van der Waals surface area contributed by atoms with Gasteiger partial charge >= 0.3 is 5.97 Å². The van der Waals surface area contributed by atoms with Gasteiger partial charge in [-0.2, -0.15) is 0 Å². The summed E-state index contributed by atoms with van der Waals surface area (Å²) >= 11 is 0. The quantitative estimate of drug-likeness (QED) is 0.607. The molecule has 3 rings (SSSR count). The minimum Gasteiger partial charge on any atom is -0.427 e. The second-order valence-corrected chi connectivity index (χ2v) is 7.60. The van der Waals surface area contributed by atoms with Crippen LogP contribution in [-0.4, -0.2) is 55.9 Å². The number of nitrogens with one attached hydrogen (secondary N) is 1. The van der Waals surface area contributed by atoms with E-state index < -0.39 is 5.97 Å². The van der Waals surface area contributed by atoms with E-state index in [0.717, 1.165) is 5.69 Å². The molecule has 0 bridgehead atoms. The van der Waals surface area contributed by atoms with Gasteiger partial charge in [-0.3, -0.25) is 14.4 Å². The van der Waals surface area contributed by atoms with E-state index >= 15 is 0 Å². The first-order valence-corrected chi connectivity index (χ1v) is 9.99. The van der Waals surface area contributed by atoms with E-state index in [9.17, 15) is 14.4 Å². The van der Waals surface area contributed by atoms with Crippen LogP contribution < -0.4 is 15.0 Å². The minimum atomic E-state index is -0.430. The molecule has 1 heterocycles. The number of hydrogen-bond donors (Lipinski definition) is 1. The SMILES string of the molecule is CC(=O)Oc1cccc(C(=O)NC2CCN(C(=O)c3ccc(N(C)C)cc3)CC2)c1. The Balaban J connectivity index is 1.53. The lowest BCUT2D eigenvalue weighted by Gasteiger charge is -2.32. The number of likely N-dealkylation sites (tertiary alicyclic amines) is 1. The third-order valence-corrected chi connectivity index (χ3v) is 5.11. The summed E-state index contributed by atoms with van der Waals surface area (Å²) in [6.45, 7) is 2.50. The molecule has 0 aromatic heterocycles. The highest BCUT2D eigenvalue weighted by atomic mass is 16.5. The number of hydrogen-bond acceptors (Lipinski definition) is 5. The fourth-order valence-corrected chi connectivity index (χ4v) is 3.45. The van der Waals surface area contributed by atoms with Gasteiger partial charge in [0.2, 0.25) is 0 Å². The molecule has 158 valence electrons. The first-order chi connectivity index (χ1) is 14.3. The average molecular weight is 409 g/mol. The maximum Gasteiger partial charge on any atom is 0.308 e. The summed E-state index contributed by atoms with van der Waals surface area (Å²) in [6, 6.07) is 14.1. The largest absolute Gasteiger partial charge is 0.427 e. The molecule has 1 fully saturated rings. The van der Waals surface area contributed by atoms with Crippen molar-refractivity contribution in [2.24, 2.45) is 0 Å². The Morgan fingerprint density at radius 2 is 1.67 bits per heavy atom. The maximum absolute atomic E-state index is 12.7. The zero-order valence-corrected chi connectivity index (χ0v) is 17.6. The molecule has 0 unspecified atom stereocenters. The summed E-state index contributed by atoms with van der Waals surface area (Å²) in [5.41, 5.74) is 2.16. The van der Waals surface area contributed by atoms with Crippen LogP contribution in [0.4, 0.5) is 5.69 Å². The molecule has 1 saturated heterocycles. The molecule has 0 atom stereocenters. The van der Waals surface area contributed by atoms with Crippen molar-refractivity contribution in [2.75, 3.05) is 32.1 Å². The van der Waals surface area contributed by atoms with Gasteiger partial charge in [-0.1, -0.05) is 6.07 Å². The summed E-state index contributed by atoms with van der Waals surface area (Å²) < 4.78 is 5.03. The van der Waals surface area contributed by atoms with Crippen molar-refractivity contribution >= 4 is 23.5 Å². The van der Waals surface area contributed by atoms with Crippen molar-refractivity contribution < 1.29 is 19.1 Å². The Labute approximate surface area is 176 Å². The predicted molar refractivity (Wildman–Crippen MR) is 115 cm³/mol. The summed E-state index contributed by atoms with van der Waals surface area (Å²) in [7, 11) is 3.92. The van der Waals surface area contributed by atoms with Gasteiger partial charge in [-0.25, -0.2) is 0 Å². The van der Waals surface area contributed by atoms with E-state index in [0.29, 0.717) is 42.8 Å². The van der Waals surface area contributed by atoms with E-state index in [1.54, 1.807) is 24.3 Å². The van der Waals surface area contributed by atoms with E-state index in [1.165, 1.54) is 6.92 Å². The molecule has 0 aliphatic carbocycles. The average Bonchev–Trinajstić information content (AvgIpc) is 2.73. The predicted octanol–water partition coefficient (Wildman–Crippen LogP) is 2.71. The molecule has 30 heavy (non-hydrogen) atoms. The normalized spacial score (nSPS) is 14.2. The van der Waals surface area contributed by atoms with Crippen LogP contribution in [0.15, 0.2) is 48.5 Å². The number of anilines is 1. The number of esters is 1. The first-order valence-electron chi connectivity index (χ1n) is 9.99. The van der Waals surface area contributed by atoms with E-state index in [1.807, 2.05) is 48.2 Å². The molecular formula is C23H27N3O4. The van der Waals surface area contributed by atoms with Crippen LogP contribution in [0.1, 0.15) is 40.5 Å². The summed E-state index contributed by atoms with van der Waals surface area (Å²) in [6.07, 6.45) is 1.38. The number of amides is 2. The van der Waals surface area contributed by atoms with Crippen molar-refractivity contribution in [2.45, 2.75) is 25.8 Å². The number of nitrogens with zero attached hydrogens (tertiary/aromatic N) is 2. The van der Waals surface area contributed by atoms with E-state index in [4.69, 9.17) is 4.74 Å². The second kappa shape index (κ2) is 9.43. The topological polar surface area (TPSA) is 79.0 Å². The molecule has 7 nitrogen and oxygen atoms in total. The van der Waals surface area contributed by atoms with Crippen molar-refractivity contribution in [3.05, 3.63) is 59.7 Å². The lowest BCUT2D eigenvalue weighted by atomic mass is 10.0. The van der Waals surface area contributed by atoms with Gasteiger partial charge in [0.1, 0.15) is 5.75 Å². The number of benzene rings is 2. The number of piperidine rings is 1. The Hall–Kier alpha value is -3.35. The van der Waals surface area contributed by atoms with Gasteiger partial charge in [-0.15, -0.1) is 0 Å². The Kier molecular flexibility index (Phi) is 6.72. The molecule has 0 radical (unpaired) electrons. The molecule has 0 spiro atoms. The fraction of sp³-hybridized carbons (Fsp3) is 0.348. The Morgan fingerprint density at radius 1 is 1.00 bits per heavy atom. The molecule has 7 heteroatoms. The molecule has 1 aliphatic heterocycles. The highest BCUT2D eigenvalue weighted by Crippen LogP contribution is 2.18. The molecule has 1 aliphatic rings. The Bertz CT molecular complexity index is 916. The van der Waals surface area contributed by atoms with Crippen LogP contribution in [0.5, 0.6) is 5.75 Å². The summed E-state index contributed by atoms with van der Waals surface area (Å²) in [4.78, 5) is 40.2. The van der Waals surface area contributed by atoms with Gasteiger partial charge in [0.25, 0.3) is 11.8 Å². The van der Waals surface area contributed by atoms with Crippen LogP contribution in [0.25, 0.3) is 0 Å². The zero-order valence-electron chi connectivity index (χ0n) is 17.6. The van der Waals surface area contributed by atoms with Crippen LogP contribution in [-0.2, 0) is 4.79 Å². The second-order valence-electron chi connectivity index (χ2n) is 7.60. The van der Waals surface area contributed by atoms with Gasteiger partial charge < -0.3 is 19.9 Å². The number of carbonyl (C=O) groups excluding carboxylic acids is 3. The third-order valence-electron chi connectivity index (χ3n) is 5.11. The van der Waals surface area contributed by atoms with Gasteiger partial charge in [0, 0.05) is 57.0 Å². The van der Waals surface area contributed by atoms with Crippen molar-refractivity contribution in [3.8, 4) is 5.75 Å². The summed E-state index contributed by atoms with van der Waals surface area (Å²) in [5, 5.41) is 3.01. The van der Waals surface area contributed by atoms with Crippen LogP contribution in [0.2, 0.25) is 0 Å². The van der Waals surface area contributed by atoms with Gasteiger partial charge in [0.05, 0.1) is 0 Å². The molecular weight excluding hydrogens is 382 g/mol. The summed E-state index contributed by atoms with van der Waals surface area (Å²) in [5.74, 6) is -0.288. The highest BCUT2D eigenvalue weighted by Gasteiger charge is 2.25. The van der Waals surface area contributed by atoms with Gasteiger partial charge in [-0.05, 0) is 55.3 Å². The molecule has 0 saturated carbocycles. The maximum atomic E-state index is 12.7. The standard InChI is InChI=1S/C23H27N3O4/c1-16(27)30-21-6-4-5-18(15-21)22(28)24-19-11-13-26(14-12-19)23(29)17-7-9-20(10-8-17)25(2)3/h4-10,15,19H,11-14H2,1-3H3,(H,24,28). The zero-order chi connectivity index (χ0) is 21.7. The van der Waals surface area contributed by atoms with Crippen molar-refractivity contribution in [3.63, 3.8) is 0 Å². The van der Waals surface area contributed by atoms with Crippen LogP contribution >= 0.6 is 0 Å². The fourth-order valence-electron chi connectivity index (χ4n) is 3.45. The smallest absolute Gasteiger partial charge is 0.308 e. The third kappa shape index (κ3) is 5.37. The molecule has 1 N–H and O–H groups in total. The number of rotatable bonds is 5. The van der Waals surface area contributed by atoms with E-state index in [2.05, 4.69) is 5.32 Å². The van der Waals surface area contributed by atoms with Crippen molar-refractivity contribution in [1.29, 1.82) is 0 Å². The highest BCUT2D eigenvalue weighted by molar-refractivity contribution is 5.95. The molecule has 2 aromatic rings. The van der Waals surface area contributed by atoms with Crippen LogP contribution in [0.3, 0.4) is 0 Å². The van der Waals surface area contributed by atoms with Gasteiger partial charge in [0.15, 0.2) is 0 Å². The lowest BCUT2D eigenvalue weighted by molar-refractivity contribution is -0.131. The molecule has 2 amide bonds. The monoisotopic (exact) mass is 409 g/mol. The molecule has 2 aromatic carbocycles. The number of carbonyl (C=O) groups is 3. The lowest BCUT2D eigenvalue weighted by Crippen LogP contribution is -2.46. The Morgan fingerprint density at radius 3 is 2.27 bits per heavy atom.